The standard InChI is InChI=1S/C31H50BFN2O6SSi/c1-27(2,3)39-26(36)35(20-38-15-16-43(10,11)12)25-34-30(8,24-18-31(24,42-25)19-37-9)22-17-21(13-14-23(22)33)32-40-28(4,5)29(6,7)41-32/h13-14,17,24H,15-16,18-20H2,1-12H3/t24-,30+,31+/m0/s1. The first-order chi connectivity index (χ1) is 19.6. The first-order valence-electron chi connectivity index (χ1n) is 15.1. The minimum absolute atomic E-state index is 0.00846. The van der Waals surface area contributed by atoms with E-state index in [1.54, 1.807) is 13.2 Å². The summed E-state index contributed by atoms with van der Waals surface area (Å²) in [6.07, 6.45) is 0.209. The predicted octanol–water partition coefficient (Wildman–Crippen LogP) is 6.40. The number of thioether (sulfide) groups is 1. The van der Waals surface area contributed by atoms with Gasteiger partial charge in [0.2, 0.25) is 0 Å². The Morgan fingerprint density at radius 1 is 1.16 bits per heavy atom. The summed E-state index contributed by atoms with van der Waals surface area (Å²) in [5, 5.41) is 0.441. The van der Waals surface area contributed by atoms with Gasteiger partial charge in [0, 0.05) is 33.3 Å². The molecule has 3 aliphatic rings. The Morgan fingerprint density at radius 2 is 1.79 bits per heavy atom. The number of methoxy groups -OCH3 is 1. The van der Waals surface area contributed by atoms with E-state index in [1.165, 1.54) is 22.7 Å². The fraction of sp³-hybridized carbons (Fsp3) is 0.742. The molecule has 0 N–H and O–H groups in total. The normalized spacial score (nSPS) is 27.9. The summed E-state index contributed by atoms with van der Waals surface area (Å²) >= 11 is 1.50. The Hall–Kier alpha value is -1.44. The van der Waals surface area contributed by atoms with Crippen LogP contribution in [0.15, 0.2) is 23.2 Å². The number of hydrogen-bond donors (Lipinski definition) is 0. The number of aliphatic imine (C=N–C) groups is 1. The molecular formula is C31H50BFN2O6SSi. The fourth-order valence-corrected chi connectivity index (χ4v) is 7.87. The van der Waals surface area contributed by atoms with E-state index in [9.17, 15) is 4.79 Å². The van der Waals surface area contributed by atoms with Crippen LogP contribution in [0.5, 0.6) is 0 Å². The second kappa shape index (κ2) is 11.7. The van der Waals surface area contributed by atoms with Gasteiger partial charge in [-0.1, -0.05) is 43.5 Å². The van der Waals surface area contributed by atoms with Crippen LogP contribution in [0.25, 0.3) is 0 Å². The van der Waals surface area contributed by atoms with Crippen LogP contribution in [0.1, 0.15) is 67.4 Å². The molecule has 1 saturated carbocycles. The maximum atomic E-state index is 15.8. The topological polar surface area (TPSA) is 78.8 Å². The molecule has 3 atom stereocenters. The molecule has 2 fully saturated rings. The Morgan fingerprint density at radius 3 is 2.35 bits per heavy atom. The predicted molar refractivity (Wildman–Crippen MR) is 174 cm³/mol. The third-order valence-electron chi connectivity index (χ3n) is 8.84. The number of amides is 1. The van der Waals surface area contributed by atoms with Gasteiger partial charge in [-0.25, -0.2) is 14.1 Å². The van der Waals surface area contributed by atoms with Gasteiger partial charge in [0.05, 0.1) is 28.1 Å². The zero-order valence-corrected chi connectivity index (χ0v) is 29.9. The molecule has 2 heterocycles. The lowest BCUT2D eigenvalue weighted by Crippen LogP contribution is -2.46. The molecule has 12 heteroatoms. The van der Waals surface area contributed by atoms with Crippen LogP contribution in [0.3, 0.4) is 0 Å². The fourth-order valence-electron chi connectivity index (χ4n) is 5.48. The SMILES string of the molecule is COC[C@]12C[C@H]1[C@@](C)(c1cc(B3OC(C)(C)C(C)(C)O3)ccc1F)N=C(N(COCC[Si](C)(C)C)C(=O)OC(C)(C)C)S2. The molecule has 0 unspecified atom stereocenters. The van der Waals surface area contributed by atoms with Crippen LogP contribution in [-0.4, -0.2) is 80.0 Å². The highest BCUT2D eigenvalue weighted by Crippen LogP contribution is 2.66. The van der Waals surface area contributed by atoms with Gasteiger partial charge in [-0.3, -0.25) is 4.99 Å². The molecule has 0 aromatic heterocycles. The van der Waals surface area contributed by atoms with Gasteiger partial charge < -0.3 is 23.5 Å². The number of hydrogen-bond acceptors (Lipinski definition) is 8. The van der Waals surface area contributed by atoms with Crippen molar-refractivity contribution in [3.63, 3.8) is 0 Å². The van der Waals surface area contributed by atoms with Gasteiger partial charge in [-0.05, 0) is 79.4 Å². The van der Waals surface area contributed by atoms with Crippen LogP contribution in [0.2, 0.25) is 25.7 Å². The number of nitrogens with zero attached hydrogens (tertiary/aromatic N) is 2. The maximum absolute atomic E-state index is 15.8. The van der Waals surface area contributed by atoms with Crippen molar-refractivity contribution in [2.24, 2.45) is 10.9 Å². The van der Waals surface area contributed by atoms with Gasteiger partial charge >= 0.3 is 13.2 Å². The minimum Gasteiger partial charge on any atom is -0.443 e. The second-order valence-corrected chi connectivity index (χ2v) is 22.5. The van der Waals surface area contributed by atoms with Gasteiger partial charge in [0.25, 0.3) is 0 Å². The van der Waals surface area contributed by atoms with E-state index in [2.05, 4.69) is 19.6 Å². The number of benzene rings is 1. The zero-order valence-electron chi connectivity index (χ0n) is 28.1. The second-order valence-electron chi connectivity index (χ2n) is 15.5. The number of fused-ring (bicyclic) bond motifs is 1. The van der Waals surface area contributed by atoms with E-state index in [1.807, 2.05) is 61.5 Å². The summed E-state index contributed by atoms with van der Waals surface area (Å²) in [6.45, 7) is 23.2. The van der Waals surface area contributed by atoms with Crippen LogP contribution in [-0.2, 0) is 29.1 Å². The van der Waals surface area contributed by atoms with Gasteiger partial charge in [0.1, 0.15) is 18.1 Å². The third-order valence-corrected chi connectivity index (χ3v) is 12.0. The number of rotatable bonds is 9. The number of carbonyl (C=O) groups excluding carboxylic acids is 1. The molecule has 240 valence electrons. The monoisotopic (exact) mass is 636 g/mol. The van der Waals surface area contributed by atoms with Gasteiger partial charge in [-0.2, -0.15) is 0 Å². The van der Waals surface area contributed by atoms with E-state index in [-0.39, 0.29) is 23.2 Å². The van der Waals surface area contributed by atoms with Crippen LogP contribution in [0, 0.1) is 11.7 Å². The van der Waals surface area contributed by atoms with Crippen LogP contribution < -0.4 is 5.46 Å². The Labute approximate surface area is 262 Å². The van der Waals surface area contributed by atoms with E-state index >= 15 is 4.39 Å². The quantitative estimate of drug-likeness (QED) is 0.176. The summed E-state index contributed by atoms with van der Waals surface area (Å²) < 4.78 is 45.6. The Balaban J connectivity index is 1.74. The molecule has 4 rings (SSSR count). The van der Waals surface area contributed by atoms with Crippen molar-refractivity contribution < 1.29 is 32.7 Å². The lowest BCUT2D eigenvalue weighted by atomic mass is 9.75. The van der Waals surface area contributed by atoms with Crippen molar-refractivity contribution >= 4 is 43.7 Å². The lowest BCUT2D eigenvalue weighted by molar-refractivity contribution is 0.00578. The molecular weight excluding hydrogens is 586 g/mol. The third kappa shape index (κ3) is 7.35. The summed E-state index contributed by atoms with van der Waals surface area (Å²) in [5.74, 6) is -0.378. The molecule has 1 aromatic carbocycles. The van der Waals surface area contributed by atoms with E-state index in [4.69, 9.17) is 28.5 Å². The highest BCUT2D eigenvalue weighted by molar-refractivity contribution is 8.15. The molecule has 0 radical (unpaired) electrons. The van der Waals surface area contributed by atoms with Crippen molar-refractivity contribution in [2.75, 3.05) is 27.1 Å². The van der Waals surface area contributed by atoms with Crippen molar-refractivity contribution in [1.29, 1.82) is 0 Å². The summed E-state index contributed by atoms with van der Waals surface area (Å²) in [6, 6.07) is 5.94. The average molecular weight is 637 g/mol. The largest absolute Gasteiger partial charge is 0.494 e. The highest BCUT2D eigenvalue weighted by Gasteiger charge is 2.67. The average Bonchev–Trinajstić information content (AvgIpc) is 3.51. The number of halogens is 1. The molecule has 1 aromatic rings. The minimum atomic E-state index is -1.34. The van der Waals surface area contributed by atoms with Crippen molar-refractivity contribution in [2.45, 2.75) is 115 Å². The van der Waals surface area contributed by atoms with Gasteiger partial charge in [-0.15, -0.1) is 0 Å². The summed E-state index contributed by atoms with van der Waals surface area (Å²) in [7, 11) is -0.322. The smallest absolute Gasteiger partial charge is 0.443 e. The molecule has 2 aliphatic heterocycles. The molecule has 8 nitrogen and oxygen atoms in total. The first kappa shape index (κ1) is 34.4. The van der Waals surface area contributed by atoms with Crippen LogP contribution >= 0.6 is 11.8 Å². The maximum Gasteiger partial charge on any atom is 0.494 e. The van der Waals surface area contributed by atoms with E-state index in [0.717, 1.165) is 17.9 Å². The van der Waals surface area contributed by atoms with Crippen LogP contribution in [0.4, 0.5) is 9.18 Å². The lowest BCUT2D eigenvalue weighted by Gasteiger charge is -2.38. The Bertz CT molecular complexity index is 1240. The number of carbonyl (C=O) groups is 1. The highest BCUT2D eigenvalue weighted by atomic mass is 32.2. The van der Waals surface area contributed by atoms with Crippen molar-refractivity contribution in [3.05, 3.63) is 29.6 Å². The molecule has 43 heavy (non-hydrogen) atoms. The number of ether oxygens (including phenoxy) is 3. The molecule has 1 saturated heterocycles. The van der Waals surface area contributed by atoms with Gasteiger partial charge in [0.15, 0.2) is 5.17 Å². The van der Waals surface area contributed by atoms with E-state index in [0.29, 0.717) is 23.9 Å². The molecule has 1 aliphatic carbocycles. The molecule has 1 amide bonds. The van der Waals surface area contributed by atoms with E-state index < -0.39 is 43.6 Å². The Kier molecular flexibility index (Phi) is 9.40. The zero-order chi connectivity index (χ0) is 32.2. The van der Waals surface area contributed by atoms with Crippen molar-refractivity contribution in [3.8, 4) is 0 Å². The number of amidine groups is 1. The summed E-state index contributed by atoms with van der Waals surface area (Å²) in [4.78, 5) is 20.2. The summed E-state index contributed by atoms with van der Waals surface area (Å²) in [5.41, 5.74) is -1.60. The van der Waals surface area contributed by atoms with Crippen molar-refractivity contribution in [1.82, 2.24) is 4.90 Å². The molecule has 0 spiro atoms. The molecule has 0 bridgehead atoms. The first-order valence-corrected chi connectivity index (χ1v) is 19.7.